The Morgan fingerprint density at radius 3 is 2.44 bits per heavy atom. The zero-order chi connectivity index (χ0) is 27.2. The molecule has 0 radical (unpaired) electrons. The monoisotopic (exact) mass is 502 g/mol. The van der Waals surface area contributed by atoms with Crippen molar-refractivity contribution in [2.24, 2.45) is 11.1 Å². The van der Waals surface area contributed by atoms with Crippen molar-refractivity contribution in [3.05, 3.63) is 23.3 Å². The number of carbonyl (C=O) groups is 3. The van der Waals surface area contributed by atoms with Crippen LogP contribution in [0, 0.1) is 12.3 Å². The third-order valence-electron chi connectivity index (χ3n) is 7.19. The van der Waals surface area contributed by atoms with Crippen molar-refractivity contribution in [3.8, 4) is 5.75 Å². The van der Waals surface area contributed by atoms with Crippen molar-refractivity contribution in [2.45, 2.75) is 92.0 Å². The molecule has 0 aromatic heterocycles. The van der Waals surface area contributed by atoms with Crippen LogP contribution in [0.2, 0.25) is 0 Å². The predicted molar refractivity (Wildman–Crippen MR) is 140 cm³/mol. The van der Waals surface area contributed by atoms with Gasteiger partial charge in [-0.2, -0.15) is 0 Å². The lowest BCUT2D eigenvalue weighted by Gasteiger charge is -2.51. The molecule has 9 nitrogen and oxygen atoms in total. The molecule has 36 heavy (non-hydrogen) atoms. The minimum Gasteiger partial charge on any atom is -0.476 e. The number of fused-ring (bicyclic) bond motifs is 1. The Balaban J connectivity index is 2.10. The van der Waals surface area contributed by atoms with Crippen LogP contribution >= 0.6 is 0 Å². The van der Waals surface area contributed by atoms with Crippen LogP contribution in [-0.2, 0) is 4.79 Å². The normalized spacial score (nSPS) is 21.8. The molecule has 2 atom stereocenters. The number of hydrogen-bond acceptors (Lipinski definition) is 5. The minimum absolute atomic E-state index is 0.159. The van der Waals surface area contributed by atoms with Gasteiger partial charge in [0.05, 0.1) is 17.8 Å². The lowest BCUT2D eigenvalue weighted by molar-refractivity contribution is -0.132. The molecule has 9 heteroatoms. The topological polar surface area (TPSA) is 116 Å². The number of ether oxygens (including phenoxy) is 1. The van der Waals surface area contributed by atoms with Crippen molar-refractivity contribution in [2.75, 3.05) is 24.5 Å². The Labute approximate surface area is 214 Å². The van der Waals surface area contributed by atoms with Crippen LogP contribution < -0.4 is 15.4 Å². The summed E-state index contributed by atoms with van der Waals surface area (Å²) in [5.41, 5.74) is 6.15. The molecule has 1 saturated heterocycles. The molecule has 2 aliphatic heterocycles. The maximum Gasteiger partial charge on any atom is 0.407 e. The van der Waals surface area contributed by atoms with Crippen molar-refractivity contribution in [1.29, 1.82) is 0 Å². The number of carbonyl (C=O) groups excluding carboxylic acids is 2. The van der Waals surface area contributed by atoms with E-state index in [-0.39, 0.29) is 41.9 Å². The van der Waals surface area contributed by atoms with Gasteiger partial charge in [-0.3, -0.25) is 9.59 Å². The molecule has 3 N–H and O–H groups in total. The number of benzene rings is 1. The van der Waals surface area contributed by atoms with Crippen molar-refractivity contribution >= 4 is 23.6 Å². The fourth-order valence-corrected chi connectivity index (χ4v) is 5.73. The van der Waals surface area contributed by atoms with E-state index in [9.17, 15) is 19.5 Å². The van der Waals surface area contributed by atoms with E-state index in [0.29, 0.717) is 42.9 Å². The Morgan fingerprint density at radius 2 is 1.92 bits per heavy atom. The summed E-state index contributed by atoms with van der Waals surface area (Å²) in [7, 11) is 0. The third-order valence-corrected chi connectivity index (χ3v) is 7.19. The standard InChI is InChI=1S/C27H42N4O5/c1-16(2)31(19-10-9-12-30(25(34)35)22(19)26(4,5)6)23(32)18-15-20-21(14-17(18)3)36-27(7,8)24(33)29(20)13-11-28/h14-16,19,22H,9-13,28H2,1-8H3,(H,34,35)/t19-,22?/m1/s1. The van der Waals surface area contributed by atoms with Crippen molar-refractivity contribution in [1.82, 2.24) is 9.80 Å². The van der Waals surface area contributed by atoms with Crippen molar-refractivity contribution in [3.63, 3.8) is 0 Å². The summed E-state index contributed by atoms with van der Waals surface area (Å²) in [5.74, 6) is 0.155. The number of hydrogen-bond donors (Lipinski definition) is 2. The van der Waals surface area contributed by atoms with E-state index in [4.69, 9.17) is 10.5 Å². The zero-order valence-corrected chi connectivity index (χ0v) is 22.9. The van der Waals surface area contributed by atoms with Gasteiger partial charge in [-0.1, -0.05) is 20.8 Å². The average molecular weight is 503 g/mol. The molecule has 2 heterocycles. The summed E-state index contributed by atoms with van der Waals surface area (Å²) < 4.78 is 6.02. The van der Waals surface area contributed by atoms with Gasteiger partial charge in [0.2, 0.25) is 0 Å². The third kappa shape index (κ3) is 5.03. The van der Waals surface area contributed by atoms with Crippen LogP contribution in [0.4, 0.5) is 10.5 Å². The van der Waals surface area contributed by atoms with E-state index in [1.54, 1.807) is 24.8 Å². The molecule has 2 aliphatic rings. The van der Waals surface area contributed by atoms with Crippen LogP contribution in [-0.4, -0.2) is 76.2 Å². The first-order valence-electron chi connectivity index (χ1n) is 12.8. The first kappa shape index (κ1) is 27.8. The molecule has 1 unspecified atom stereocenters. The second-order valence-corrected chi connectivity index (χ2v) is 11.8. The number of aryl methyl sites for hydroxylation is 1. The van der Waals surface area contributed by atoms with Gasteiger partial charge in [0.15, 0.2) is 5.60 Å². The number of likely N-dealkylation sites (tertiary alicyclic amines) is 1. The average Bonchev–Trinajstić information content (AvgIpc) is 2.75. The number of piperidine rings is 1. The van der Waals surface area contributed by atoms with Crippen LogP contribution in [0.3, 0.4) is 0 Å². The number of amides is 3. The van der Waals surface area contributed by atoms with E-state index >= 15 is 0 Å². The van der Waals surface area contributed by atoms with Crippen LogP contribution in [0.15, 0.2) is 12.1 Å². The molecule has 1 fully saturated rings. The molecule has 200 valence electrons. The SMILES string of the molecule is Cc1cc2c(cc1C(=O)N(C(C)C)[C@@H]1CCCN(C(=O)O)C1C(C)(C)C)N(CCN)C(=O)C(C)(C)O2. The maximum atomic E-state index is 14.2. The summed E-state index contributed by atoms with van der Waals surface area (Å²) in [6.07, 6.45) is 0.441. The second kappa shape index (κ2) is 9.92. The van der Waals surface area contributed by atoms with Gasteiger partial charge in [-0.05, 0) is 70.6 Å². The van der Waals surface area contributed by atoms with E-state index in [1.807, 2.05) is 52.5 Å². The van der Waals surface area contributed by atoms with Crippen molar-refractivity contribution < 1.29 is 24.2 Å². The summed E-state index contributed by atoms with van der Waals surface area (Å²) >= 11 is 0. The van der Waals surface area contributed by atoms with Gasteiger partial charge < -0.3 is 30.3 Å². The van der Waals surface area contributed by atoms with Gasteiger partial charge in [0.25, 0.3) is 11.8 Å². The molecule has 0 aliphatic carbocycles. The summed E-state index contributed by atoms with van der Waals surface area (Å²) in [5, 5.41) is 9.95. The quantitative estimate of drug-likeness (QED) is 0.631. The van der Waals surface area contributed by atoms with Gasteiger partial charge >= 0.3 is 6.09 Å². The number of nitrogens with two attached hydrogens (primary N) is 1. The Bertz CT molecular complexity index is 1030. The second-order valence-electron chi connectivity index (χ2n) is 11.8. The predicted octanol–water partition coefficient (Wildman–Crippen LogP) is 3.87. The molecule has 1 aromatic rings. The largest absolute Gasteiger partial charge is 0.476 e. The highest BCUT2D eigenvalue weighted by Gasteiger charge is 2.47. The van der Waals surface area contributed by atoms with Crippen LogP contribution in [0.1, 0.15) is 77.2 Å². The Morgan fingerprint density at radius 1 is 1.28 bits per heavy atom. The van der Waals surface area contributed by atoms with E-state index < -0.39 is 11.7 Å². The van der Waals surface area contributed by atoms with Gasteiger partial charge in [-0.15, -0.1) is 0 Å². The van der Waals surface area contributed by atoms with Crippen LogP contribution in [0.5, 0.6) is 5.75 Å². The first-order valence-corrected chi connectivity index (χ1v) is 12.8. The maximum absolute atomic E-state index is 14.2. The molecule has 0 bridgehead atoms. The molecule has 0 spiro atoms. The lowest BCUT2D eigenvalue weighted by atomic mass is 9.76. The van der Waals surface area contributed by atoms with E-state index in [0.717, 1.165) is 5.56 Å². The molecule has 0 saturated carbocycles. The zero-order valence-electron chi connectivity index (χ0n) is 22.9. The van der Waals surface area contributed by atoms with Gasteiger partial charge in [0.1, 0.15) is 5.75 Å². The fraction of sp³-hybridized carbons (Fsp3) is 0.667. The Hall–Kier alpha value is -2.81. The lowest BCUT2D eigenvalue weighted by Crippen LogP contribution is -2.63. The number of rotatable bonds is 5. The highest BCUT2D eigenvalue weighted by atomic mass is 16.5. The van der Waals surface area contributed by atoms with Gasteiger partial charge in [0, 0.05) is 31.2 Å². The van der Waals surface area contributed by atoms with E-state index in [2.05, 4.69) is 0 Å². The Kier molecular flexibility index (Phi) is 7.65. The minimum atomic E-state index is -1.04. The fourth-order valence-electron chi connectivity index (χ4n) is 5.73. The highest BCUT2D eigenvalue weighted by molar-refractivity contribution is 6.05. The molecule has 3 rings (SSSR count). The first-order chi connectivity index (χ1) is 16.6. The molecular weight excluding hydrogens is 460 g/mol. The summed E-state index contributed by atoms with van der Waals surface area (Å²) in [6.45, 7) is 16.3. The van der Waals surface area contributed by atoms with Gasteiger partial charge in [-0.25, -0.2) is 4.79 Å². The smallest absolute Gasteiger partial charge is 0.407 e. The van der Waals surface area contributed by atoms with E-state index in [1.165, 1.54) is 4.90 Å². The number of anilines is 1. The summed E-state index contributed by atoms with van der Waals surface area (Å²) in [4.78, 5) is 44.4. The number of nitrogens with zero attached hydrogens (tertiary/aromatic N) is 3. The number of carboxylic acid groups (broad SMARTS) is 1. The molecule has 1 aromatic carbocycles. The summed E-state index contributed by atoms with van der Waals surface area (Å²) in [6, 6.07) is 2.75. The molecular formula is C27H42N4O5. The highest BCUT2D eigenvalue weighted by Crippen LogP contribution is 2.41. The van der Waals surface area contributed by atoms with Crippen LogP contribution in [0.25, 0.3) is 0 Å². The molecule has 3 amide bonds.